The number of nitrogens with one attached hydrogen (secondary N) is 1. The van der Waals surface area contributed by atoms with Crippen molar-refractivity contribution >= 4 is 17.4 Å². The molecule has 0 saturated heterocycles. The lowest BCUT2D eigenvalue weighted by molar-refractivity contribution is 0.102. The zero-order valence-corrected chi connectivity index (χ0v) is 10.7. The van der Waals surface area contributed by atoms with E-state index in [9.17, 15) is 9.18 Å². The van der Waals surface area contributed by atoms with E-state index in [0.717, 1.165) is 5.82 Å². The molecule has 0 saturated carbocycles. The molecule has 0 aliphatic heterocycles. The maximum absolute atomic E-state index is 13.0. The highest BCUT2D eigenvalue weighted by Crippen LogP contribution is 2.12. The van der Waals surface area contributed by atoms with Crippen molar-refractivity contribution in [3.8, 4) is 0 Å². The lowest BCUT2D eigenvalue weighted by Gasteiger charge is -2.11. The summed E-state index contributed by atoms with van der Waals surface area (Å²) < 4.78 is 13.0. The molecular weight excluding hydrogens is 245 g/mol. The Kier molecular flexibility index (Phi) is 3.75. The van der Waals surface area contributed by atoms with Crippen molar-refractivity contribution in [1.29, 1.82) is 0 Å². The molecule has 0 bridgehead atoms. The number of carbonyl (C=O) groups excluding carboxylic acids is 1. The highest BCUT2D eigenvalue weighted by atomic mass is 19.1. The van der Waals surface area contributed by atoms with Gasteiger partial charge in [0.15, 0.2) is 0 Å². The van der Waals surface area contributed by atoms with E-state index >= 15 is 0 Å². The minimum atomic E-state index is -0.390. The molecule has 1 aromatic carbocycles. The van der Waals surface area contributed by atoms with Crippen LogP contribution < -0.4 is 10.2 Å². The first kappa shape index (κ1) is 13.0. The molecule has 0 atom stereocenters. The van der Waals surface area contributed by atoms with E-state index in [4.69, 9.17) is 0 Å². The normalized spacial score (nSPS) is 10.1. The van der Waals surface area contributed by atoms with E-state index < -0.39 is 0 Å². The first-order valence-corrected chi connectivity index (χ1v) is 5.76. The van der Waals surface area contributed by atoms with Crippen LogP contribution >= 0.6 is 0 Å². The predicted octanol–water partition coefficient (Wildman–Crippen LogP) is 2.54. The van der Waals surface area contributed by atoms with Gasteiger partial charge < -0.3 is 10.2 Å². The Morgan fingerprint density at radius 1 is 1.26 bits per heavy atom. The van der Waals surface area contributed by atoms with Crippen LogP contribution in [0.2, 0.25) is 0 Å². The fourth-order valence-electron chi connectivity index (χ4n) is 1.55. The number of halogens is 1. The first-order chi connectivity index (χ1) is 9.06. The maximum Gasteiger partial charge on any atom is 0.257 e. The molecule has 0 spiro atoms. The molecular formula is C14H14FN3O. The summed E-state index contributed by atoms with van der Waals surface area (Å²) in [6.07, 6.45) is 1.49. The van der Waals surface area contributed by atoms with E-state index in [2.05, 4.69) is 10.3 Å². The first-order valence-electron chi connectivity index (χ1n) is 5.76. The van der Waals surface area contributed by atoms with Crippen molar-refractivity contribution in [3.63, 3.8) is 0 Å². The molecule has 2 rings (SSSR count). The van der Waals surface area contributed by atoms with Gasteiger partial charge in [-0.15, -0.1) is 0 Å². The number of pyridine rings is 1. The van der Waals surface area contributed by atoms with E-state index in [1.165, 1.54) is 18.3 Å². The zero-order chi connectivity index (χ0) is 13.8. The highest BCUT2D eigenvalue weighted by molar-refractivity contribution is 6.04. The smallest absolute Gasteiger partial charge is 0.257 e. The Bertz CT molecular complexity index is 581. The second-order valence-electron chi connectivity index (χ2n) is 4.26. The number of benzene rings is 1. The number of hydrogen-bond acceptors (Lipinski definition) is 3. The second kappa shape index (κ2) is 5.48. The van der Waals surface area contributed by atoms with Gasteiger partial charge in [-0.1, -0.05) is 6.07 Å². The molecule has 98 valence electrons. The number of aromatic nitrogens is 1. The van der Waals surface area contributed by atoms with E-state index in [-0.39, 0.29) is 11.7 Å². The Balaban J connectivity index is 2.11. The van der Waals surface area contributed by atoms with Gasteiger partial charge in [0.1, 0.15) is 11.6 Å². The SMILES string of the molecule is CN(C)c1ccc(C(=O)Nc2cccc(F)c2)cn1. The van der Waals surface area contributed by atoms with Crippen LogP contribution in [0.4, 0.5) is 15.9 Å². The molecule has 0 aliphatic rings. The standard InChI is InChI=1S/C14H14FN3O/c1-18(2)13-7-6-10(9-16-13)14(19)17-12-5-3-4-11(15)8-12/h3-9H,1-2H3,(H,17,19). The molecule has 0 unspecified atom stereocenters. The third kappa shape index (κ3) is 3.28. The summed E-state index contributed by atoms with van der Waals surface area (Å²) in [7, 11) is 3.74. The van der Waals surface area contributed by atoms with Crippen LogP contribution in [-0.4, -0.2) is 25.0 Å². The van der Waals surface area contributed by atoms with Crippen LogP contribution in [0, 0.1) is 5.82 Å². The molecule has 0 radical (unpaired) electrons. The third-order valence-electron chi connectivity index (χ3n) is 2.55. The summed E-state index contributed by atoms with van der Waals surface area (Å²) in [5.74, 6) is 0.0598. The second-order valence-corrected chi connectivity index (χ2v) is 4.26. The summed E-state index contributed by atoms with van der Waals surface area (Å²) in [6.45, 7) is 0. The predicted molar refractivity (Wildman–Crippen MR) is 72.9 cm³/mol. The average Bonchev–Trinajstić information content (AvgIpc) is 2.39. The number of carbonyl (C=O) groups is 1. The van der Waals surface area contributed by atoms with E-state index in [0.29, 0.717) is 11.3 Å². The van der Waals surface area contributed by atoms with Crippen LogP contribution in [0.15, 0.2) is 42.6 Å². The van der Waals surface area contributed by atoms with Gasteiger partial charge in [0, 0.05) is 26.0 Å². The Labute approximate surface area is 110 Å². The van der Waals surface area contributed by atoms with Crippen molar-refractivity contribution in [2.45, 2.75) is 0 Å². The average molecular weight is 259 g/mol. The minimum Gasteiger partial charge on any atom is -0.363 e. The molecule has 19 heavy (non-hydrogen) atoms. The van der Waals surface area contributed by atoms with Crippen molar-refractivity contribution in [2.24, 2.45) is 0 Å². The molecule has 4 nitrogen and oxygen atoms in total. The summed E-state index contributed by atoms with van der Waals surface area (Å²) in [5, 5.41) is 2.62. The summed E-state index contributed by atoms with van der Waals surface area (Å²) in [6, 6.07) is 9.18. The summed E-state index contributed by atoms with van der Waals surface area (Å²) in [4.78, 5) is 17.9. The van der Waals surface area contributed by atoms with Gasteiger partial charge in [0.05, 0.1) is 5.56 Å². The van der Waals surface area contributed by atoms with Gasteiger partial charge in [-0.25, -0.2) is 9.37 Å². The van der Waals surface area contributed by atoms with Crippen LogP contribution in [-0.2, 0) is 0 Å². The summed E-state index contributed by atoms with van der Waals surface area (Å²) >= 11 is 0. The Hall–Kier alpha value is -2.43. The number of anilines is 2. The van der Waals surface area contributed by atoms with Gasteiger partial charge in [-0.2, -0.15) is 0 Å². The molecule has 2 aromatic rings. The quantitative estimate of drug-likeness (QED) is 0.921. The number of amides is 1. The Morgan fingerprint density at radius 2 is 2.05 bits per heavy atom. The summed E-state index contributed by atoms with van der Waals surface area (Å²) in [5.41, 5.74) is 0.844. The van der Waals surface area contributed by atoms with Gasteiger partial charge >= 0.3 is 0 Å². The minimum absolute atomic E-state index is 0.316. The van der Waals surface area contributed by atoms with E-state index in [1.807, 2.05) is 19.0 Å². The lowest BCUT2D eigenvalue weighted by atomic mass is 10.2. The fourth-order valence-corrected chi connectivity index (χ4v) is 1.55. The van der Waals surface area contributed by atoms with Crippen LogP contribution in [0.5, 0.6) is 0 Å². The van der Waals surface area contributed by atoms with Gasteiger partial charge in [0.2, 0.25) is 0 Å². The maximum atomic E-state index is 13.0. The molecule has 0 fully saturated rings. The molecule has 1 amide bonds. The number of hydrogen-bond donors (Lipinski definition) is 1. The zero-order valence-electron chi connectivity index (χ0n) is 10.7. The largest absolute Gasteiger partial charge is 0.363 e. The monoisotopic (exact) mass is 259 g/mol. The third-order valence-corrected chi connectivity index (χ3v) is 2.55. The van der Waals surface area contributed by atoms with Crippen LogP contribution in [0.3, 0.4) is 0 Å². The van der Waals surface area contributed by atoms with E-state index in [1.54, 1.807) is 24.3 Å². The number of nitrogens with zero attached hydrogens (tertiary/aromatic N) is 2. The van der Waals surface area contributed by atoms with Crippen molar-refractivity contribution in [1.82, 2.24) is 4.98 Å². The van der Waals surface area contributed by atoms with Gasteiger partial charge in [-0.05, 0) is 30.3 Å². The molecule has 0 aliphatic carbocycles. The molecule has 1 heterocycles. The van der Waals surface area contributed by atoms with Crippen LogP contribution in [0.25, 0.3) is 0 Å². The van der Waals surface area contributed by atoms with Crippen molar-refractivity contribution in [2.75, 3.05) is 24.3 Å². The molecule has 1 aromatic heterocycles. The fraction of sp³-hybridized carbons (Fsp3) is 0.143. The topological polar surface area (TPSA) is 45.2 Å². The van der Waals surface area contributed by atoms with Crippen molar-refractivity contribution < 1.29 is 9.18 Å². The molecule has 5 heteroatoms. The van der Waals surface area contributed by atoms with Crippen molar-refractivity contribution in [3.05, 3.63) is 54.0 Å². The van der Waals surface area contributed by atoms with Gasteiger partial charge in [0.25, 0.3) is 5.91 Å². The number of rotatable bonds is 3. The van der Waals surface area contributed by atoms with Crippen LogP contribution in [0.1, 0.15) is 10.4 Å². The lowest BCUT2D eigenvalue weighted by Crippen LogP contribution is -2.14. The Morgan fingerprint density at radius 3 is 2.63 bits per heavy atom. The highest BCUT2D eigenvalue weighted by Gasteiger charge is 2.07. The molecule has 1 N–H and O–H groups in total. The van der Waals surface area contributed by atoms with Gasteiger partial charge in [-0.3, -0.25) is 4.79 Å².